The van der Waals surface area contributed by atoms with Crippen molar-refractivity contribution in [1.29, 1.82) is 0 Å². The molecule has 3 rings (SSSR count). The number of aromatic nitrogens is 1. The first kappa shape index (κ1) is 16.2. The predicted octanol–water partition coefficient (Wildman–Crippen LogP) is 3.40. The molecule has 5 nitrogen and oxygen atoms in total. The van der Waals surface area contributed by atoms with Crippen LogP contribution in [0.3, 0.4) is 0 Å². The Balaban J connectivity index is 1.33. The first-order valence-corrected chi connectivity index (χ1v) is 9.22. The van der Waals surface area contributed by atoms with Gasteiger partial charge in [-0.2, -0.15) is 0 Å². The summed E-state index contributed by atoms with van der Waals surface area (Å²) in [6.45, 7) is 4.41. The van der Waals surface area contributed by atoms with E-state index in [1.54, 1.807) is 17.4 Å². The second kappa shape index (κ2) is 8.26. The van der Waals surface area contributed by atoms with Crippen molar-refractivity contribution in [2.24, 2.45) is 0 Å². The highest BCUT2D eigenvalue weighted by Gasteiger charge is 2.14. The van der Waals surface area contributed by atoms with Crippen molar-refractivity contribution in [3.05, 3.63) is 29.3 Å². The fraction of sp³-hybridized carbons (Fsp3) is 0.529. The fourth-order valence-corrected chi connectivity index (χ4v) is 3.53. The molecule has 0 aromatic carbocycles. The van der Waals surface area contributed by atoms with E-state index < -0.39 is 0 Å². The summed E-state index contributed by atoms with van der Waals surface area (Å²) in [5.41, 5.74) is 0.352. The van der Waals surface area contributed by atoms with Crippen molar-refractivity contribution in [3.8, 4) is 10.6 Å². The molecule has 0 aliphatic carbocycles. The van der Waals surface area contributed by atoms with Crippen molar-refractivity contribution >= 4 is 17.2 Å². The third-order valence-electron chi connectivity index (χ3n) is 4.14. The van der Waals surface area contributed by atoms with Gasteiger partial charge in [0, 0.05) is 12.6 Å². The molecule has 124 valence electrons. The average Bonchev–Trinajstić information content (AvgIpc) is 3.32. The number of nitrogens with one attached hydrogen (secondary N) is 1. The molecule has 0 saturated carbocycles. The average molecular weight is 333 g/mol. The van der Waals surface area contributed by atoms with Crippen LogP contribution in [-0.2, 0) is 0 Å². The maximum Gasteiger partial charge on any atom is 0.273 e. The largest absolute Gasteiger partial charge is 0.355 e. The molecule has 3 heterocycles. The van der Waals surface area contributed by atoms with E-state index in [1.165, 1.54) is 38.9 Å². The van der Waals surface area contributed by atoms with Gasteiger partial charge in [-0.05, 0) is 56.8 Å². The van der Waals surface area contributed by atoms with E-state index in [-0.39, 0.29) is 5.91 Å². The van der Waals surface area contributed by atoms with E-state index in [1.807, 2.05) is 17.5 Å². The highest BCUT2D eigenvalue weighted by Crippen LogP contribution is 2.25. The Labute approximate surface area is 140 Å². The van der Waals surface area contributed by atoms with Gasteiger partial charge in [0.05, 0.1) is 4.88 Å². The topological polar surface area (TPSA) is 58.4 Å². The summed E-state index contributed by atoms with van der Waals surface area (Å²) in [6.07, 6.45) is 6.07. The summed E-state index contributed by atoms with van der Waals surface area (Å²) in [7, 11) is 0. The molecule has 0 unspecified atom stereocenters. The van der Waals surface area contributed by atoms with Gasteiger partial charge in [-0.3, -0.25) is 4.79 Å². The number of hydrogen-bond acceptors (Lipinski definition) is 5. The zero-order valence-electron chi connectivity index (χ0n) is 13.3. The molecular weight excluding hydrogens is 310 g/mol. The van der Waals surface area contributed by atoms with Gasteiger partial charge in [0.25, 0.3) is 5.91 Å². The third kappa shape index (κ3) is 4.65. The van der Waals surface area contributed by atoms with Crippen molar-refractivity contribution in [2.45, 2.75) is 32.1 Å². The number of nitrogens with zero attached hydrogens (tertiary/aromatic N) is 2. The van der Waals surface area contributed by atoms with Crippen molar-refractivity contribution in [2.75, 3.05) is 26.2 Å². The molecule has 2 aromatic heterocycles. The van der Waals surface area contributed by atoms with Gasteiger partial charge in [-0.1, -0.05) is 17.6 Å². The highest BCUT2D eigenvalue weighted by molar-refractivity contribution is 7.13. The molecule has 1 aliphatic heterocycles. The number of thiophene rings is 1. The van der Waals surface area contributed by atoms with Crippen molar-refractivity contribution < 1.29 is 9.32 Å². The van der Waals surface area contributed by atoms with Crippen molar-refractivity contribution in [1.82, 2.24) is 15.4 Å². The van der Waals surface area contributed by atoms with Crippen LogP contribution in [0, 0.1) is 0 Å². The van der Waals surface area contributed by atoms with Gasteiger partial charge in [-0.15, -0.1) is 11.3 Å². The van der Waals surface area contributed by atoms with E-state index in [9.17, 15) is 4.79 Å². The molecular formula is C17H23N3O2S. The molecule has 1 aliphatic rings. The zero-order valence-corrected chi connectivity index (χ0v) is 14.1. The molecule has 0 bridgehead atoms. The van der Waals surface area contributed by atoms with Gasteiger partial charge < -0.3 is 14.7 Å². The molecule has 0 atom stereocenters. The minimum absolute atomic E-state index is 0.156. The Morgan fingerprint density at radius 3 is 2.96 bits per heavy atom. The van der Waals surface area contributed by atoms with Gasteiger partial charge >= 0.3 is 0 Å². The fourth-order valence-electron chi connectivity index (χ4n) is 2.85. The second-order valence-corrected chi connectivity index (χ2v) is 6.87. The van der Waals surface area contributed by atoms with Crippen LogP contribution >= 0.6 is 11.3 Å². The molecule has 1 saturated heterocycles. The lowest BCUT2D eigenvalue weighted by atomic mass is 10.2. The number of unbranched alkanes of at least 4 members (excludes halogenated alkanes) is 2. The Morgan fingerprint density at radius 2 is 2.17 bits per heavy atom. The predicted molar refractivity (Wildman–Crippen MR) is 91.7 cm³/mol. The lowest BCUT2D eigenvalue weighted by Gasteiger charge is -2.13. The van der Waals surface area contributed by atoms with Crippen LogP contribution in [0.1, 0.15) is 42.6 Å². The smallest absolute Gasteiger partial charge is 0.273 e. The minimum Gasteiger partial charge on any atom is -0.355 e. The summed E-state index contributed by atoms with van der Waals surface area (Å²) >= 11 is 1.57. The van der Waals surface area contributed by atoms with Gasteiger partial charge in [0.2, 0.25) is 0 Å². The molecule has 1 N–H and O–H groups in total. The van der Waals surface area contributed by atoms with E-state index in [4.69, 9.17) is 4.52 Å². The van der Waals surface area contributed by atoms with E-state index in [2.05, 4.69) is 15.4 Å². The quantitative estimate of drug-likeness (QED) is 0.752. The number of amides is 1. The maximum absolute atomic E-state index is 12.0. The molecule has 0 radical (unpaired) electrons. The standard InChI is InChI=1S/C17H23N3O2S/c21-17(14-13-15(22-19-14)16-7-6-12-23-16)18-8-2-1-3-9-20-10-4-5-11-20/h6-7,12-13H,1-5,8-11H2,(H,18,21). The molecule has 6 heteroatoms. The lowest BCUT2D eigenvalue weighted by Crippen LogP contribution is -2.25. The van der Waals surface area contributed by atoms with Gasteiger partial charge in [0.1, 0.15) is 0 Å². The molecule has 23 heavy (non-hydrogen) atoms. The van der Waals surface area contributed by atoms with Crippen LogP contribution in [0.2, 0.25) is 0 Å². The third-order valence-corrected chi connectivity index (χ3v) is 5.03. The van der Waals surface area contributed by atoms with Crippen molar-refractivity contribution in [3.63, 3.8) is 0 Å². The van der Waals surface area contributed by atoms with Crippen LogP contribution in [0.4, 0.5) is 0 Å². The van der Waals surface area contributed by atoms with Crippen LogP contribution in [0.5, 0.6) is 0 Å². The molecule has 1 fully saturated rings. The lowest BCUT2D eigenvalue weighted by molar-refractivity contribution is 0.0944. The summed E-state index contributed by atoms with van der Waals surface area (Å²) in [5, 5.41) is 8.74. The summed E-state index contributed by atoms with van der Waals surface area (Å²) < 4.78 is 5.23. The summed E-state index contributed by atoms with van der Waals surface area (Å²) in [6, 6.07) is 5.60. The molecule has 2 aromatic rings. The van der Waals surface area contributed by atoms with Crippen LogP contribution < -0.4 is 5.32 Å². The summed E-state index contributed by atoms with van der Waals surface area (Å²) in [4.78, 5) is 15.5. The number of hydrogen-bond donors (Lipinski definition) is 1. The van der Waals surface area contributed by atoms with Crippen LogP contribution in [0.25, 0.3) is 10.6 Å². The van der Waals surface area contributed by atoms with Gasteiger partial charge in [0.15, 0.2) is 11.5 Å². The number of carbonyl (C=O) groups is 1. The second-order valence-electron chi connectivity index (χ2n) is 5.92. The number of carbonyl (C=O) groups excluding carboxylic acids is 1. The monoisotopic (exact) mass is 333 g/mol. The molecule has 0 spiro atoms. The Hall–Kier alpha value is -1.66. The Bertz CT molecular complexity index is 603. The SMILES string of the molecule is O=C(NCCCCCN1CCCC1)c1cc(-c2cccs2)on1. The van der Waals surface area contributed by atoms with Crippen LogP contribution in [-0.4, -0.2) is 42.1 Å². The number of rotatable bonds is 8. The Morgan fingerprint density at radius 1 is 1.30 bits per heavy atom. The maximum atomic E-state index is 12.0. The normalized spacial score (nSPS) is 15.1. The minimum atomic E-state index is -0.156. The Kier molecular flexibility index (Phi) is 5.82. The first-order chi connectivity index (χ1) is 11.3. The number of likely N-dealkylation sites (tertiary alicyclic amines) is 1. The summed E-state index contributed by atoms with van der Waals surface area (Å²) in [5.74, 6) is 0.492. The first-order valence-electron chi connectivity index (χ1n) is 8.34. The zero-order chi connectivity index (χ0) is 15.9. The van der Waals surface area contributed by atoms with E-state index >= 15 is 0 Å². The highest BCUT2D eigenvalue weighted by atomic mass is 32.1. The van der Waals surface area contributed by atoms with Gasteiger partial charge in [-0.25, -0.2) is 0 Å². The van der Waals surface area contributed by atoms with E-state index in [0.717, 1.165) is 17.7 Å². The molecule has 1 amide bonds. The van der Waals surface area contributed by atoms with Crippen LogP contribution in [0.15, 0.2) is 28.1 Å². The van der Waals surface area contributed by atoms with E-state index in [0.29, 0.717) is 18.0 Å².